The minimum atomic E-state index is -0.874. The largest absolute Gasteiger partial charge is 0.394 e. The minimum Gasteiger partial charge on any atom is -0.394 e. The van der Waals surface area contributed by atoms with Crippen LogP contribution in [-0.2, 0) is 14.2 Å². The zero-order valence-corrected chi connectivity index (χ0v) is 9.21. The first-order chi connectivity index (χ1) is 6.94. The summed E-state index contributed by atoms with van der Waals surface area (Å²) >= 11 is 0. The Morgan fingerprint density at radius 1 is 1.33 bits per heavy atom. The third-order valence-electron chi connectivity index (χ3n) is 2.98. The topological polar surface area (TPSA) is 68.2 Å². The van der Waals surface area contributed by atoms with E-state index in [1.807, 2.05) is 20.8 Å². The lowest BCUT2D eigenvalue weighted by Gasteiger charge is -2.25. The van der Waals surface area contributed by atoms with Crippen LogP contribution in [0.25, 0.3) is 0 Å². The SMILES string of the molecule is CC1C(C(O)CO)OC2OC(C)(C)OC21. The quantitative estimate of drug-likeness (QED) is 0.674. The van der Waals surface area contributed by atoms with Gasteiger partial charge in [-0.3, -0.25) is 0 Å². The highest BCUT2D eigenvalue weighted by molar-refractivity contribution is 4.93. The molecule has 5 nitrogen and oxygen atoms in total. The van der Waals surface area contributed by atoms with Crippen LogP contribution in [0.3, 0.4) is 0 Å². The van der Waals surface area contributed by atoms with E-state index in [4.69, 9.17) is 19.3 Å². The molecule has 88 valence electrons. The van der Waals surface area contributed by atoms with Crippen LogP contribution in [0.4, 0.5) is 0 Å². The van der Waals surface area contributed by atoms with Crippen molar-refractivity contribution in [2.45, 2.75) is 51.2 Å². The normalized spacial score (nSPS) is 45.4. The molecule has 0 amide bonds. The van der Waals surface area contributed by atoms with Crippen LogP contribution in [0.5, 0.6) is 0 Å². The number of fused-ring (bicyclic) bond motifs is 1. The van der Waals surface area contributed by atoms with E-state index in [2.05, 4.69) is 0 Å². The minimum absolute atomic E-state index is 0.0129. The lowest BCUT2D eigenvalue weighted by molar-refractivity contribution is -0.221. The van der Waals surface area contributed by atoms with Gasteiger partial charge in [-0.15, -0.1) is 0 Å². The first-order valence-electron chi connectivity index (χ1n) is 5.24. The Bertz CT molecular complexity index is 242. The van der Waals surface area contributed by atoms with Crippen LogP contribution in [0.2, 0.25) is 0 Å². The molecule has 5 heteroatoms. The second kappa shape index (κ2) is 3.68. The van der Waals surface area contributed by atoms with E-state index < -0.39 is 24.3 Å². The van der Waals surface area contributed by atoms with Gasteiger partial charge in [0.15, 0.2) is 12.1 Å². The summed E-state index contributed by atoms with van der Waals surface area (Å²) in [5.41, 5.74) is 0. The van der Waals surface area contributed by atoms with Crippen molar-refractivity contribution < 1.29 is 24.4 Å². The van der Waals surface area contributed by atoms with Gasteiger partial charge in [-0.2, -0.15) is 0 Å². The first-order valence-corrected chi connectivity index (χ1v) is 5.24. The molecule has 0 aliphatic carbocycles. The molecule has 5 unspecified atom stereocenters. The number of rotatable bonds is 2. The maximum absolute atomic E-state index is 9.53. The van der Waals surface area contributed by atoms with Crippen LogP contribution < -0.4 is 0 Å². The predicted octanol–water partition coefficient (Wildman–Crippen LogP) is -0.148. The van der Waals surface area contributed by atoms with Crippen molar-refractivity contribution in [1.82, 2.24) is 0 Å². The average molecular weight is 218 g/mol. The molecule has 2 saturated heterocycles. The van der Waals surface area contributed by atoms with Gasteiger partial charge in [0.2, 0.25) is 0 Å². The van der Waals surface area contributed by atoms with Crippen molar-refractivity contribution in [3.63, 3.8) is 0 Å². The van der Waals surface area contributed by atoms with Crippen molar-refractivity contribution in [1.29, 1.82) is 0 Å². The Morgan fingerprint density at radius 2 is 2.00 bits per heavy atom. The molecule has 0 saturated carbocycles. The molecule has 2 rings (SSSR count). The molecule has 2 heterocycles. The van der Waals surface area contributed by atoms with Crippen LogP contribution in [0.15, 0.2) is 0 Å². The third-order valence-corrected chi connectivity index (χ3v) is 2.98. The summed E-state index contributed by atoms with van der Waals surface area (Å²) in [6.07, 6.45) is -1.88. The molecule has 2 fully saturated rings. The summed E-state index contributed by atoms with van der Waals surface area (Å²) < 4.78 is 16.7. The summed E-state index contributed by atoms with van der Waals surface area (Å²) in [6, 6.07) is 0. The van der Waals surface area contributed by atoms with Crippen LogP contribution >= 0.6 is 0 Å². The second-order valence-electron chi connectivity index (χ2n) is 4.68. The molecule has 0 radical (unpaired) electrons. The van der Waals surface area contributed by atoms with Crippen molar-refractivity contribution >= 4 is 0 Å². The van der Waals surface area contributed by atoms with E-state index in [1.165, 1.54) is 0 Å². The van der Waals surface area contributed by atoms with Crippen LogP contribution in [0, 0.1) is 5.92 Å². The molecule has 2 N–H and O–H groups in total. The molecule has 2 aliphatic rings. The Labute approximate surface area is 88.9 Å². The van der Waals surface area contributed by atoms with Gasteiger partial charge in [-0.25, -0.2) is 0 Å². The van der Waals surface area contributed by atoms with E-state index in [-0.39, 0.29) is 18.6 Å². The molecular formula is C10H18O5. The van der Waals surface area contributed by atoms with Crippen molar-refractivity contribution in [2.24, 2.45) is 5.92 Å². The van der Waals surface area contributed by atoms with Gasteiger partial charge < -0.3 is 24.4 Å². The maximum Gasteiger partial charge on any atom is 0.187 e. The summed E-state index contributed by atoms with van der Waals surface area (Å²) in [6.45, 7) is 5.29. The fourth-order valence-corrected chi connectivity index (χ4v) is 2.23. The molecule has 2 aliphatic heterocycles. The van der Waals surface area contributed by atoms with Gasteiger partial charge in [0.05, 0.1) is 12.7 Å². The number of hydrogen-bond acceptors (Lipinski definition) is 5. The van der Waals surface area contributed by atoms with Crippen molar-refractivity contribution in [3.8, 4) is 0 Å². The van der Waals surface area contributed by atoms with E-state index in [1.54, 1.807) is 0 Å². The zero-order valence-electron chi connectivity index (χ0n) is 9.21. The van der Waals surface area contributed by atoms with Crippen LogP contribution in [-0.4, -0.2) is 47.2 Å². The first kappa shape index (κ1) is 11.3. The number of aliphatic hydroxyl groups is 2. The monoisotopic (exact) mass is 218 g/mol. The van der Waals surface area contributed by atoms with Gasteiger partial charge in [0.1, 0.15) is 12.2 Å². The van der Waals surface area contributed by atoms with E-state index in [0.717, 1.165) is 0 Å². The molecule has 0 aromatic rings. The maximum atomic E-state index is 9.53. The summed E-state index contributed by atoms with van der Waals surface area (Å²) in [5.74, 6) is -0.613. The zero-order chi connectivity index (χ0) is 11.2. The van der Waals surface area contributed by atoms with Gasteiger partial charge in [0, 0.05) is 5.92 Å². The number of hydrogen-bond donors (Lipinski definition) is 2. The van der Waals surface area contributed by atoms with Gasteiger partial charge in [-0.05, 0) is 13.8 Å². The fourth-order valence-electron chi connectivity index (χ4n) is 2.23. The average Bonchev–Trinajstić information content (AvgIpc) is 2.60. The Hall–Kier alpha value is -0.200. The molecule has 5 atom stereocenters. The Morgan fingerprint density at radius 3 is 2.53 bits per heavy atom. The van der Waals surface area contributed by atoms with Gasteiger partial charge in [0.25, 0.3) is 0 Å². The molecular weight excluding hydrogens is 200 g/mol. The third kappa shape index (κ3) is 1.90. The van der Waals surface area contributed by atoms with E-state index in [0.29, 0.717) is 0 Å². The molecule has 0 aromatic heterocycles. The second-order valence-corrected chi connectivity index (χ2v) is 4.68. The lowest BCUT2D eigenvalue weighted by atomic mass is 9.97. The predicted molar refractivity (Wildman–Crippen MR) is 51.0 cm³/mol. The van der Waals surface area contributed by atoms with Gasteiger partial charge >= 0.3 is 0 Å². The Balaban J connectivity index is 2.05. The summed E-state index contributed by atoms with van der Waals surface area (Å²) in [4.78, 5) is 0. The van der Waals surface area contributed by atoms with Gasteiger partial charge in [-0.1, -0.05) is 6.92 Å². The molecule has 0 aromatic carbocycles. The highest BCUT2D eigenvalue weighted by Gasteiger charge is 2.54. The smallest absolute Gasteiger partial charge is 0.187 e. The molecule has 0 spiro atoms. The standard InChI is InChI=1S/C10H18O5/c1-5-7(6(12)4-11)13-9-8(5)14-10(2,3)15-9/h5-9,11-12H,4H2,1-3H3. The number of ether oxygens (including phenoxy) is 3. The van der Waals surface area contributed by atoms with Crippen LogP contribution in [0.1, 0.15) is 20.8 Å². The van der Waals surface area contributed by atoms with E-state index in [9.17, 15) is 5.11 Å². The highest BCUT2D eigenvalue weighted by Crippen LogP contribution is 2.41. The van der Waals surface area contributed by atoms with E-state index >= 15 is 0 Å². The Kier molecular flexibility index (Phi) is 2.77. The molecule has 15 heavy (non-hydrogen) atoms. The number of aliphatic hydroxyl groups excluding tert-OH is 2. The highest BCUT2D eigenvalue weighted by atomic mass is 16.8. The molecule has 0 bridgehead atoms. The summed E-state index contributed by atoms with van der Waals surface area (Å²) in [5, 5.41) is 18.4. The summed E-state index contributed by atoms with van der Waals surface area (Å²) in [7, 11) is 0. The lowest BCUT2D eigenvalue weighted by Crippen LogP contribution is -2.37. The van der Waals surface area contributed by atoms with Crippen molar-refractivity contribution in [3.05, 3.63) is 0 Å². The van der Waals surface area contributed by atoms with Crippen molar-refractivity contribution in [2.75, 3.05) is 6.61 Å². The fraction of sp³-hybridized carbons (Fsp3) is 1.00.